The molecule has 0 heterocycles. The number of ether oxygens (including phenoxy) is 1. The lowest BCUT2D eigenvalue weighted by Gasteiger charge is -2.13. The molecule has 10 heteroatoms. The van der Waals surface area contributed by atoms with E-state index in [0.717, 1.165) is 0 Å². The number of nitro groups is 1. The minimum Gasteiger partial charge on any atom is -0.490 e. The molecule has 0 fully saturated rings. The zero-order valence-corrected chi connectivity index (χ0v) is 17.4. The molecule has 0 atom stereocenters. The Morgan fingerprint density at radius 3 is 2.59 bits per heavy atom. The van der Waals surface area contributed by atoms with E-state index in [-0.39, 0.29) is 27.6 Å². The molecule has 0 aromatic heterocycles. The Labute approximate surface area is 174 Å². The van der Waals surface area contributed by atoms with E-state index in [4.69, 9.17) is 28.6 Å². The molecular formula is C17H15BrClN3O4S. The van der Waals surface area contributed by atoms with Crippen LogP contribution in [0, 0.1) is 10.1 Å². The maximum atomic E-state index is 12.3. The average Bonchev–Trinajstić information content (AvgIpc) is 2.57. The molecule has 1 amide bonds. The molecule has 7 nitrogen and oxygen atoms in total. The number of benzene rings is 2. The molecule has 142 valence electrons. The fourth-order valence-corrected chi connectivity index (χ4v) is 2.92. The molecule has 0 aliphatic heterocycles. The monoisotopic (exact) mass is 471 g/mol. The standard InChI is InChI=1S/C17H15BrClN3O4S/c1-9(2)26-15-6-3-10(7-12(15)18)16(23)21-17(27)20-13-5-4-11(19)8-14(13)22(24)25/h3-9H,1-2H3,(H2,20,21,23,27). The van der Waals surface area contributed by atoms with E-state index < -0.39 is 10.8 Å². The van der Waals surface area contributed by atoms with E-state index in [0.29, 0.717) is 15.8 Å². The maximum absolute atomic E-state index is 12.3. The van der Waals surface area contributed by atoms with E-state index in [2.05, 4.69) is 26.6 Å². The first-order valence-electron chi connectivity index (χ1n) is 7.70. The third kappa shape index (κ3) is 5.88. The molecule has 2 N–H and O–H groups in total. The quantitative estimate of drug-likeness (QED) is 0.364. The lowest BCUT2D eigenvalue weighted by molar-refractivity contribution is -0.383. The van der Waals surface area contributed by atoms with Crippen molar-refractivity contribution in [3.05, 3.63) is 61.6 Å². The van der Waals surface area contributed by atoms with Gasteiger partial charge in [-0.25, -0.2) is 0 Å². The van der Waals surface area contributed by atoms with Crippen LogP contribution in [-0.2, 0) is 0 Å². The Balaban J connectivity index is 2.09. The number of anilines is 1. The van der Waals surface area contributed by atoms with E-state index in [1.54, 1.807) is 18.2 Å². The van der Waals surface area contributed by atoms with E-state index in [1.807, 2.05) is 13.8 Å². The highest BCUT2D eigenvalue weighted by atomic mass is 79.9. The van der Waals surface area contributed by atoms with Crippen LogP contribution in [-0.4, -0.2) is 22.0 Å². The average molecular weight is 473 g/mol. The first-order valence-corrected chi connectivity index (χ1v) is 9.27. The second-order valence-electron chi connectivity index (χ2n) is 5.64. The maximum Gasteiger partial charge on any atom is 0.294 e. The number of nitro benzene ring substituents is 1. The van der Waals surface area contributed by atoms with Crippen LogP contribution in [0.1, 0.15) is 24.2 Å². The third-order valence-corrected chi connectivity index (χ3v) is 4.25. The molecule has 0 spiro atoms. The molecule has 0 bridgehead atoms. The van der Waals surface area contributed by atoms with Gasteiger partial charge in [0.05, 0.1) is 15.5 Å². The van der Waals surface area contributed by atoms with Gasteiger partial charge in [0.15, 0.2) is 5.11 Å². The highest BCUT2D eigenvalue weighted by Gasteiger charge is 2.17. The molecular weight excluding hydrogens is 458 g/mol. The molecule has 0 saturated carbocycles. The highest BCUT2D eigenvalue weighted by Crippen LogP contribution is 2.28. The SMILES string of the molecule is CC(C)Oc1ccc(C(=O)NC(=S)Nc2ccc(Cl)cc2[N+](=O)[O-])cc1Br. The second kappa shape index (κ2) is 9.12. The van der Waals surface area contributed by atoms with Crippen LogP contribution in [0.4, 0.5) is 11.4 Å². The summed E-state index contributed by atoms with van der Waals surface area (Å²) in [5.74, 6) is 0.139. The summed E-state index contributed by atoms with van der Waals surface area (Å²) < 4.78 is 6.22. The number of carbonyl (C=O) groups is 1. The number of carbonyl (C=O) groups excluding carboxylic acids is 1. The van der Waals surface area contributed by atoms with Gasteiger partial charge in [0.1, 0.15) is 11.4 Å². The number of amides is 1. The van der Waals surface area contributed by atoms with Crippen molar-refractivity contribution in [2.24, 2.45) is 0 Å². The number of halogens is 2. The Kier molecular flexibility index (Phi) is 7.11. The summed E-state index contributed by atoms with van der Waals surface area (Å²) in [6, 6.07) is 8.93. The van der Waals surface area contributed by atoms with Crippen molar-refractivity contribution in [3.8, 4) is 5.75 Å². The molecule has 2 aromatic carbocycles. The van der Waals surface area contributed by atoms with Gasteiger partial charge in [-0.2, -0.15) is 0 Å². The van der Waals surface area contributed by atoms with Crippen molar-refractivity contribution in [2.45, 2.75) is 20.0 Å². The van der Waals surface area contributed by atoms with Crippen molar-refractivity contribution in [1.82, 2.24) is 5.32 Å². The summed E-state index contributed by atoms with van der Waals surface area (Å²) in [7, 11) is 0. The molecule has 0 radical (unpaired) electrons. The van der Waals surface area contributed by atoms with Gasteiger partial charge in [0.25, 0.3) is 11.6 Å². The second-order valence-corrected chi connectivity index (χ2v) is 7.34. The number of hydrogen-bond donors (Lipinski definition) is 2. The van der Waals surface area contributed by atoms with Crippen LogP contribution in [0.25, 0.3) is 0 Å². The summed E-state index contributed by atoms with van der Waals surface area (Å²) >= 11 is 14.2. The van der Waals surface area contributed by atoms with Crippen LogP contribution in [0.2, 0.25) is 5.02 Å². The Bertz CT molecular complexity index is 908. The lowest BCUT2D eigenvalue weighted by Crippen LogP contribution is -2.34. The predicted octanol–water partition coefficient (Wildman–Crippen LogP) is 4.92. The lowest BCUT2D eigenvalue weighted by atomic mass is 10.2. The summed E-state index contributed by atoms with van der Waals surface area (Å²) in [5, 5.41) is 16.4. The summed E-state index contributed by atoms with van der Waals surface area (Å²) in [5.41, 5.74) is 0.210. The number of nitrogens with one attached hydrogen (secondary N) is 2. The Morgan fingerprint density at radius 1 is 1.30 bits per heavy atom. The largest absolute Gasteiger partial charge is 0.490 e. The molecule has 27 heavy (non-hydrogen) atoms. The molecule has 2 rings (SSSR count). The van der Waals surface area contributed by atoms with Crippen LogP contribution in [0.3, 0.4) is 0 Å². The number of rotatable bonds is 5. The van der Waals surface area contributed by atoms with Crippen LogP contribution in [0.15, 0.2) is 40.9 Å². The van der Waals surface area contributed by atoms with Gasteiger partial charge in [-0.05, 0) is 72.3 Å². The molecule has 2 aromatic rings. The summed E-state index contributed by atoms with van der Waals surface area (Å²) in [4.78, 5) is 22.9. The summed E-state index contributed by atoms with van der Waals surface area (Å²) in [6.07, 6.45) is -0.00655. The van der Waals surface area contributed by atoms with Gasteiger partial charge < -0.3 is 10.1 Å². The number of nitrogens with zero attached hydrogens (tertiary/aromatic N) is 1. The fourth-order valence-electron chi connectivity index (χ4n) is 2.08. The van der Waals surface area contributed by atoms with E-state index in [1.165, 1.54) is 18.2 Å². The van der Waals surface area contributed by atoms with E-state index in [9.17, 15) is 14.9 Å². The van der Waals surface area contributed by atoms with Crippen molar-refractivity contribution >= 4 is 62.1 Å². The topological polar surface area (TPSA) is 93.5 Å². The molecule has 0 unspecified atom stereocenters. The highest BCUT2D eigenvalue weighted by molar-refractivity contribution is 9.10. The Morgan fingerprint density at radius 2 is 2.00 bits per heavy atom. The van der Waals surface area contributed by atoms with Gasteiger partial charge in [-0.3, -0.25) is 20.2 Å². The predicted molar refractivity (Wildman–Crippen MR) is 112 cm³/mol. The smallest absolute Gasteiger partial charge is 0.294 e. The van der Waals surface area contributed by atoms with Crippen molar-refractivity contribution in [2.75, 3.05) is 5.32 Å². The first kappa shape index (κ1) is 21.1. The van der Waals surface area contributed by atoms with Crippen molar-refractivity contribution < 1.29 is 14.5 Å². The van der Waals surface area contributed by atoms with Gasteiger partial charge in [-0.1, -0.05) is 11.6 Å². The molecule has 0 aliphatic rings. The Hall–Kier alpha value is -2.23. The molecule has 0 aliphatic carbocycles. The van der Waals surface area contributed by atoms with Crippen molar-refractivity contribution in [1.29, 1.82) is 0 Å². The third-order valence-electron chi connectivity index (χ3n) is 3.19. The molecule has 0 saturated heterocycles. The van der Waals surface area contributed by atoms with Crippen LogP contribution in [0.5, 0.6) is 5.75 Å². The van der Waals surface area contributed by atoms with Gasteiger partial charge in [0, 0.05) is 16.7 Å². The van der Waals surface area contributed by atoms with E-state index >= 15 is 0 Å². The van der Waals surface area contributed by atoms with Gasteiger partial charge in [-0.15, -0.1) is 0 Å². The van der Waals surface area contributed by atoms with Gasteiger partial charge >= 0.3 is 0 Å². The van der Waals surface area contributed by atoms with Gasteiger partial charge in [0.2, 0.25) is 0 Å². The normalized spacial score (nSPS) is 10.4. The van der Waals surface area contributed by atoms with Crippen LogP contribution < -0.4 is 15.4 Å². The zero-order valence-electron chi connectivity index (χ0n) is 14.3. The number of hydrogen-bond acceptors (Lipinski definition) is 5. The van der Waals surface area contributed by atoms with Crippen molar-refractivity contribution in [3.63, 3.8) is 0 Å². The minimum atomic E-state index is -0.594. The first-order chi connectivity index (χ1) is 12.7. The zero-order chi connectivity index (χ0) is 20.1. The fraction of sp³-hybridized carbons (Fsp3) is 0.176. The number of thiocarbonyl (C=S) groups is 1. The van der Waals surface area contributed by atoms with Crippen LogP contribution >= 0.6 is 39.7 Å². The minimum absolute atomic E-state index is 0.00655. The summed E-state index contributed by atoms with van der Waals surface area (Å²) in [6.45, 7) is 3.79.